The fourth-order valence-electron chi connectivity index (χ4n) is 4.99. The van der Waals surface area contributed by atoms with E-state index in [0.717, 1.165) is 39.4 Å². The average molecular weight is 612 g/mol. The number of benzene rings is 4. The number of hydrogen-bond acceptors (Lipinski definition) is 4. The number of nitrogens with zero attached hydrogens (tertiary/aromatic N) is 2. The van der Waals surface area contributed by atoms with Crippen LogP contribution in [0.1, 0.15) is 42.0 Å². The predicted molar refractivity (Wildman–Crippen MR) is 176 cm³/mol. The number of rotatable bonds is 14. The molecule has 0 saturated heterocycles. The molecule has 4 aromatic rings. The van der Waals surface area contributed by atoms with Gasteiger partial charge in [-0.05, 0) is 61.2 Å². The molecule has 0 fully saturated rings. The molecule has 230 valence electrons. The predicted octanol–water partition coefficient (Wildman–Crippen LogP) is 6.06. The van der Waals surface area contributed by atoms with E-state index in [2.05, 4.69) is 5.32 Å². The van der Waals surface area contributed by atoms with Crippen molar-refractivity contribution in [3.8, 4) is 0 Å². The van der Waals surface area contributed by atoms with Crippen LogP contribution in [0.3, 0.4) is 0 Å². The van der Waals surface area contributed by atoms with Gasteiger partial charge in [0.05, 0.1) is 10.6 Å². The SMILES string of the molecule is CCCCNC(=O)[C@H](Cc1ccccc1)N(Cc1ccccc1)C(=O)CN(c1cccc(C)c1)S(=O)(=O)c1ccc(C)cc1. The van der Waals surface area contributed by atoms with E-state index in [4.69, 9.17) is 0 Å². The van der Waals surface area contributed by atoms with Crippen LogP contribution in [0, 0.1) is 13.8 Å². The van der Waals surface area contributed by atoms with Crippen molar-refractivity contribution in [2.45, 2.75) is 57.5 Å². The van der Waals surface area contributed by atoms with E-state index < -0.39 is 28.5 Å². The highest BCUT2D eigenvalue weighted by Crippen LogP contribution is 2.26. The first-order valence-corrected chi connectivity index (χ1v) is 16.4. The van der Waals surface area contributed by atoms with E-state index in [1.165, 1.54) is 4.90 Å². The van der Waals surface area contributed by atoms with Gasteiger partial charge in [-0.15, -0.1) is 0 Å². The van der Waals surface area contributed by atoms with Crippen LogP contribution < -0.4 is 9.62 Å². The number of hydrogen-bond donors (Lipinski definition) is 1. The number of aryl methyl sites for hydroxylation is 2. The number of carbonyl (C=O) groups is 2. The van der Waals surface area contributed by atoms with Crippen molar-refractivity contribution in [3.63, 3.8) is 0 Å². The molecule has 4 aromatic carbocycles. The highest BCUT2D eigenvalue weighted by molar-refractivity contribution is 7.92. The summed E-state index contributed by atoms with van der Waals surface area (Å²) >= 11 is 0. The Morgan fingerprint density at radius 1 is 0.773 bits per heavy atom. The minimum atomic E-state index is -4.13. The number of unbranched alkanes of at least 4 members (excludes halogenated alkanes) is 1. The third kappa shape index (κ3) is 8.57. The van der Waals surface area contributed by atoms with Gasteiger partial charge in [0.1, 0.15) is 12.6 Å². The summed E-state index contributed by atoms with van der Waals surface area (Å²) in [6.07, 6.45) is 2.01. The fraction of sp³-hybridized carbons (Fsp3) is 0.278. The van der Waals surface area contributed by atoms with E-state index in [-0.39, 0.29) is 23.8 Å². The maximum absolute atomic E-state index is 14.5. The third-order valence-electron chi connectivity index (χ3n) is 7.47. The molecule has 1 atom stereocenters. The molecule has 0 bridgehead atoms. The van der Waals surface area contributed by atoms with Gasteiger partial charge < -0.3 is 10.2 Å². The molecular formula is C36H41N3O4S. The molecule has 4 rings (SSSR count). The molecule has 1 N–H and O–H groups in total. The van der Waals surface area contributed by atoms with Crippen LogP contribution in [0.5, 0.6) is 0 Å². The summed E-state index contributed by atoms with van der Waals surface area (Å²) in [5.41, 5.74) is 3.90. The number of sulfonamides is 1. The van der Waals surface area contributed by atoms with E-state index >= 15 is 0 Å². The molecule has 0 aliphatic heterocycles. The van der Waals surface area contributed by atoms with Gasteiger partial charge in [-0.25, -0.2) is 8.42 Å². The second kappa shape index (κ2) is 15.3. The van der Waals surface area contributed by atoms with Crippen LogP contribution in [0.4, 0.5) is 5.69 Å². The van der Waals surface area contributed by atoms with Crippen LogP contribution in [-0.4, -0.2) is 44.3 Å². The van der Waals surface area contributed by atoms with Crippen molar-refractivity contribution in [3.05, 3.63) is 131 Å². The van der Waals surface area contributed by atoms with Gasteiger partial charge in [-0.3, -0.25) is 13.9 Å². The monoisotopic (exact) mass is 611 g/mol. The Bertz CT molecular complexity index is 1630. The van der Waals surface area contributed by atoms with Gasteiger partial charge in [0.25, 0.3) is 10.0 Å². The minimum absolute atomic E-state index is 0.0881. The highest BCUT2D eigenvalue weighted by Gasteiger charge is 2.34. The average Bonchev–Trinajstić information content (AvgIpc) is 3.02. The summed E-state index contributed by atoms with van der Waals surface area (Å²) in [5.74, 6) is -0.743. The smallest absolute Gasteiger partial charge is 0.264 e. The first-order valence-electron chi connectivity index (χ1n) is 15.0. The summed E-state index contributed by atoms with van der Waals surface area (Å²) in [7, 11) is -4.13. The zero-order chi connectivity index (χ0) is 31.5. The lowest BCUT2D eigenvalue weighted by molar-refractivity contribution is -0.140. The van der Waals surface area contributed by atoms with Crippen LogP contribution in [0.2, 0.25) is 0 Å². The Hall–Kier alpha value is -4.43. The van der Waals surface area contributed by atoms with E-state index in [1.807, 2.05) is 87.5 Å². The minimum Gasteiger partial charge on any atom is -0.354 e. The second-order valence-electron chi connectivity index (χ2n) is 11.0. The summed E-state index contributed by atoms with van der Waals surface area (Å²) in [5, 5.41) is 3.01. The van der Waals surface area contributed by atoms with E-state index in [9.17, 15) is 18.0 Å². The van der Waals surface area contributed by atoms with Crippen molar-refractivity contribution in [1.29, 1.82) is 0 Å². The van der Waals surface area contributed by atoms with E-state index in [0.29, 0.717) is 12.2 Å². The van der Waals surface area contributed by atoms with Crippen molar-refractivity contribution < 1.29 is 18.0 Å². The largest absolute Gasteiger partial charge is 0.354 e. The van der Waals surface area contributed by atoms with Gasteiger partial charge in [-0.2, -0.15) is 0 Å². The quantitative estimate of drug-likeness (QED) is 0.176. The van der Waals surface area contributed by atoms with E-state index in [1.54, 1.807) is 42.5 Å². The first-order chi connectivity index (χ1) is 21.2. The molecule has 0 spiro atoms. The Kier molecular flexibility index (Phi) is 11.3. The number of carbonyl (C=O) groups excluding carboxylic acids is 2. The van der Waals surface area contributed by atoms with Crippen molar-refractivity contribution in [2.75, 3.05) is 17.4 Å². The van der Waals surface area contributed by atoms with Crippen molar-refractivity contribution in [2.24, 2.45) is 0 Å². The first kappa shape index (κ1) is 32.5. The normalized spacial score (nSPS) is 11.9. The van der Waals surface area contributed by atoms with Crippen LogP contribution in [0.25, 0.3) is 0 Å². The molecule has 0 aliphatic carbocycles. The standard InChI is InChI=1S/C36H41N3O4S/c1-4-5-23-37-36(41)34(25-30-14-8-6-9-15-30)38(26-31-16-10-7-11-17-31)35(40)27-39(32-18-12-13-29(3)24-32)44(42,43)33-21-19-28(2)20-22-33/h6-22,24,34H,4-5,23,25-27H2,1-3H3,(H,37,41)/t34-/m0/s1. The maximum Gasteiger partial charge on any atom is 0.264 e. The Balaban J connectivity index is 1.77. The molecule has 7 nitrogen and oxygen atoms in total. The zero-order valence-corrected chi connectivity index (χ0v) is 26.5. The lowest BCUT2D eigenvalue weighted by atomic mass is 10.0. The fourth-order valence-corrected chi connectivity index (χ4v) is 6.40. The Morgan fingerprint density at radius 3 is 2.02 bits per heavy atom. The van der Waals surface area contributed by atoms with Gasteiger partial charge in [0.15, 0.2) is 0 Å². The Labute approximate surface area is 261 Å². The molecule has 0 aromatic heterocycles. The summed E-state index contributed by atoms with van der Waals surface area (Å²) in [6, 6.07) is 31.8. The molecule has 0 aliphatic rings. The molecule has 2 amide bonds. The Morgan fingerprint density at radius 2 is 1.41 bits per heavy atom. The number of anilines is 1. The van der Waals surface area contributed by atoms with Crippen LogP contribution in [-0.2, 0) is 32.6 Å². The molecule has 0 unspecified atom stereocenters. The summed E-state index contributed by atoms with van der Waals surface area (Å²) in [4.78, 5) is 29.8. The summed E-state index contributed by atoms with van der Waals surface area (Å²) < 4.78 is 29.4. The molecular weight excluding hydrogens is 570 g/mol. The third-order valence-corrected chi connectivity index (χ3v) is 9.26. The van der Waals surface area contributed by atoms with Gasteiger partial charge in [0.2, 0.25) is 11.8 Å². The van der Waals surface area contributed by atoms with Crippen LogP contribution in [0.15, 0.2) is 114 Å². The lowest BCUT2D eigenvalue weighted by Gasteiger charge is -2.34. The van der Waals surface area contributed by atoms with Gasteiger partial charge >= 0.3 is 0 Å². The van der Waals surface area contributed by atoms with Crippen molar-refractivity contribution in [1.82, 2.24) is 10.2 Å². The highest BCUT2D eigenvalue weighted by atomic mass is 32.2. The van der Waals surface area contributed by atoms with Crippen molar-refractivity contribution >= 4 is 27.5 Å². The topological polar surface area (TPSA) is 86.8 Å². The lowest BCUT2D eigenvalue weighted by Crippen LogP contribution is -2.53. The maximum atomic E-state index is 14.5. The zero-order valence-electron chi connectivity index (χ0n) is 25.6. The van der Waals surface area contributed by atoms with Gasteiger partial charge in [-0.1, -0.05) is 104 Å². The molecule has 8 heteroatoms. The second-order valence-corrected chi connectivity index (χ2v) is 12.9. The van der Waals surface area contributed by atoms with Crippen LogP contribution >= 0.6 is 0 Å². The molecule has 0 saturated carbocycles. The number of nitrogens with one attached hydrogen (secondary N) is 1. The number of amides is 2. The summed E-state index contributed by atoms with van der Waals surface area (Å²) in [6.45, 7) is 5.97. The molecule has 0 radical (unpaired) electrons. The molecule has 44 heavy (non-hydrogen) atoms. The van der Waals surface area contributed by atoms with Gasteiger partial charge in [0, 0.05) is 19.5 Å². The molecule has 0 heterocycles.